The van der Waals surface area contributed by atoms with Gasteiger partial charge in [-0.15, -0.1) is 20.4 Å². The zero-order chi connectivity index (χ0) is 18.8. The van der Waals surface area contributed by atoms with Crippen LogP contribution in [0.15, 0.2) is 58.1 Å². The smallest absolute Gasteiger partial charge is 0.249 e. The third-order valence-corrected chi connectivity index (χ3v) is 5.29. The molecule has 0 unspecified atom stereocenters. The summed E-state index contributed by atoms with van der Waals surface area (Å²) in [5.41, 5.74) is 2.94. The van der Waals surface area contributed by atoms with E-state index in [1.165, 1.54) is 11.8 Å². The summed E-state index contributed by atoms with van der Waals surface area (Å²) in [5.74, 6) is 2.23. The van der Waals surface area contributed by atoms with Crippen molar-refractivity contribution in [3.05, 3.63) is 70.8 Å². The fourth-order valence-electron chi connectivity index (χ4n) is 2.71. The topological polar surface area (TPSA) is 69.6 Å². The number of benzene rings is 2. The number of nitrogens with zero attached hydrogens (tertiary/aromatic N) is 5. The summed E-state index contributed by atoms with van der Waals surface area (Å²) in [7, 11) is 0. The monoisotopic (exact) mass is 397 g/mol. The van der Waals surface area contributed by atoms with Gasteiger partial charge in [0.2, 0.25) is 11.8 Å². The molecule has 0 fully saturated rings. The van der Waals surface area contributed by atoms with Gasteiger partial charge in [0.1, 0.15) is 5.82 Å². The first-order chi connectivity index (χ1) is 13.1. The average Bonchev–Trinajstić information content (AvgIpc) is 3.28. The molecule has 4 aromatic rings. The second kappa shape index (κ2) is 7.54. The molecule has 0 bridgehead atoms. The van der Waals surface area contributed by atoms with Crippen molar-refractivity contribution < 1.29 is 4.42 Å². The van der Waals surface area contributed by atoms with Crippen LogP contribution in [-0.4, -0.2) is 25.0 Å². The van der Waals surface area contributed by atoms with E-state index in [9.17, 15) is 0 Å². The minimum absolute atomic E-state index is 0.410. The Balaban J connectivity index is 1.56. The Bertz CT molecular complexity index is 1090. The summed E-state index contributed by atoms with van der Waals surface area (Å²) >= 11 is 7.69. The van der Waals surface area contributed by atoms with Crippen LogP contribution in [0.3, 0.4) is 0 Å². The van der Waals surface area contributed by atoms with E-state index in [0.717, 1.165) is 27.8 Å². The van der Waals surface area contributed by atoms with Crippen molar-refractivity contribution in [1.29, 1.82) is 0 Å². The first-order valence-corrected chi connectivity index (χ1v) is 9.68. The Morgan fingerprint density at radius 3 is 2.56 bits per heavy atom. The van der Waals surface area contributed by atoms with E-state index in [4.69, 9.17) is 16.0 Å². The lowest BCUT2D eigenvalue weighted by atomic mass is 10.2. The van der Waals surface area contributed by atoms with Gasteiger partial charge in [-0.25, -0.2) is 0 Å². The number of halogens is 1. The molecule has 0 saturated carbocycles. The van der Waals surface area contributed by atoms with Crippen LogP contribution in [0.25, 0.3) is 17.1 Å². The molecule has 2 aromatic heterocycles. The van der Waals surface area contributed by atoms with E-state index in [1.807, 2.05) is 41.8 Å². The van der Waals surface area contributed by atoms with Crippen LogP contribution in [0, 0.1) is 13.8 Å². The SMILES string of the molecule is Cc1ccccc1-n1c(C)nnc1SCc1nnc(-c2ccccc2Cl)o1. The van der Waals surface area contributed by atoms with Crippen LogP contribution in [0.5, 0.6) is 0 Å². The van der Waals surface area contributed by atoms with E-state index in [-0.39, 0.29) is 0 Å². The Kier molecular flexibility index (Phi) is 4.96. The number of para-hydroxylation sites is 1. The van der Waals surface area contributed by atoms with Crippen LogP contribution >= 0.6 is 23.4 Å². The standard InChI is InChI=1S/C19H16ClN5OS/c1-12-7-3-6-10-16(12)25-13(2)21-24-19(25)27-11-17-22-23-18(26-17)14-8-4-5-9-15(14)20/h3-10H,11H2,1-2H3. The lowest BCUT2D eigenvalue weighted by Gasteiger charge is -2.10. The maximum absolute atomic E-state index is 6.19. The minimum atomic E-state index is 0.410. The molecule has 0 atom stereocenters. The normalized spacial score (nSPS) is 11.1. The molecule has 0 saturated heterocycles. The molecule has 4 rings (SSSR count). The van der Waals surface area contributed by atoms with Crippen molar-refractivity contribution in [2.45, 2.75) is 24.8 Å². The highest BCUT2D eigenvalue weighted by atomic mass is 35.5. The van der Waals surface area contributed by atoms with E-state index >= 15 is 0 Å². The van der Waals surface area contributed by atoms with Crippen molar-refractivity contribution in [3.63, 3.8) is 0 Å². The average molecular weight is 398 g/mol. The van der Waals surface area contributed by atoms with Crippen LogP contribution in [0.4, 0.5) is 0 Å². The molecule has 0 aliphatic rings. The molecule has 136 valence electrons. The zero-order valence-electron chi connectivity index (χ0n) is 14.8. The first-order valence-electron chi connectivity index (χ1n) is 8.31. The highest BCUT2D eigenvalue weighted by Crippen LogP contribution is 2.29. The van der Waals surface area contributed by atoms with Crippen LogP contribution in [0.1, 0.15) is 17.3 Å². The molecule has 0 spiro atoms. The fourth-order valence-corrected chi connectivity index (χ4v) is 3.75. The van der Waals surface area contributed by atoms with Gasteiger partial charge in [-0.05, 0) is 37.6 Å². The lowest BCUT2D eigenvalue weighted by molar-refractivity contribution is 0.528. The Morgan fingerprint density at radius 2 is 1.74 bits per heavy atom. The summed E-state index contributed by atoms with van der Waals surface area (Å²) in [6.07, 6.45) is 0. The van der Waals surface area contributed by atoms with E-state index in [1.54, 1.807) is 6.07 Å². The summed E-state index contributed by atoms with van der Waals surface area (Å²) in [5, 5.41) is 18.1. The number of aromatic nitrogens is 5. The largest absolute Gasteiger partial charge is 0.420 e. The Morgan fingerprint density at radius 1 is 0.963 bits per heavy atom. The first kappa shape index (κ1) is 17.8. The van der Waals surface area contributed by atoms with Crippen molar-refractivity contribution in [2.24, 2.45) is 0 Å². The van der Waals surface area contributed by atoms with Gasteiger partial charge in [0.15, 0.2) is 5.16 Å². The second-order valence-electron chi connectivity index (χ2n) is 5.92. The molecule has 0 amide bonds. The van der Waals surface area contributed by atoms with Gasteiger partial charge < -0.3 is 4.42 Å². The van der Waals surface area contributed by atoms with Crippen molar-refractivity contribution in [2.75, 3.05) is 0 Å². The maximum Gasteiger partial charge on any atom is 0.249 e. The van der Waals surface area contributed by atoms with E-state index in [2.05, 4.69) is 39.5 Å². The number of thioether (sulfide) groups is 1. The van der Waals surface area contributed by atoms with Gasteiger partial charge in [0.05, 0.1) is 22.0 Å². The third kappa shape index (κ3) is 3.61. The van der Waals surface area contributed by atoms with Gasteiger partial charge in [0.25, 0.3) is 0 Å². The van der Waals surface area contributed by atoms with E-state index < -0.39 is 0 Å². The minimum Gasteiger partial charge on any atom is -0.420 e. The Labute approximate surface area is 165 Å². The summed E-state index contributed by atoms with van der Waals surface area (Å²) in [6, 6.07) is 15.5. The van der Waals surface area contributed by atoms with Crippen LogP contribution in [0.2, 0.25) is 5.02 Å². The predicted molar refractivity (Wildman–Crippen MR) is 105 cm³/mol. The predicted octanol–water partition coefficient (Wildman–Crippen LogP) is 4.88. The molecule has 0 N–H and O–H groups in total. The summed E-state index contributed by atoms with van der Waals surface area (Å²) in [4.78, 5) is 0. The number of hydrogen-bond donors (Lipinski definition) is 0. The van der Waals surface area contributed by atoms with Gasteiger partial charge in [-0.2, -0.15) is 0 Å². The molecule has 8 heteroatoms. The maximum atomic E-state index is 6.19. The van der Waals surface area contributed by atoms with Gasteiger partial charge in [-0.3, -0.25) is 4.57 Å². The molecule has 27 heavy (non-hydrogen) atoms. The molecular weight excluding hydrogens is 382 g/mol. The van der Waals surface area contributed by atoms with Gasteiger partial charge in [-0.1, -0.05) is 53.7 Å². The highest BCUT2D eigenvalue weighted by molar-refractivity contribution is 7.98. The summed E-state index contributed by atoms with van der Waals surface area (Å²) in [6.45, 7) is 4.00. The zero-order valence-corrected chi connectivity index (χ0v) is 16.3. The number of rotatable bonds is 5. The lowest BCUT2D eigenvalue weighted by Crippen LogP contribution is -2.01. The Hall–Kier alpha value is -2.64. The van der Waals surface area contributed by atoms with Crippen molar-refractivity contribution >= 4 is 23.4 Å². The molecule has 6 nitrogen and oxygen atoms in total. The quantitative estimate of drug-likeness (QED) is 0.447. The summed E-state index contributed by atoms with van der Waals surface area (Å²) < 4.78 is 7.80. The van der Waals surface area contributed by atoms with Crippen molar-refractivity contribution in [3.8, 4) is 17.1 Å². The molecule has 0 aliphatic heterocycles. The van der Waals surface area contributed by atoms with Gasteiger partial charge >= 0.3 is 0 Å². The number of hydrogen-bond acceptors (Lipinski definition) is 6. The molecule has 0 aliphatic carbocycles. The van der Waals surface area contributed by atoms with E-state index in [0.29, 0.717) is 22.6 Å². The molecule has 2 aromatic carbocycles. The fraction of sp³-hybridized carbons (Fsp3) is 0.158. The third-order valence-electron chi connectivity index (χ3n) is 4.05. The highest BCUT2D eigenvalue weighted by Gasteiger charge is 2.16. The van der Waals surface area contributed by atoms with Gasteiger partial charge in [0, 0.05) is 0 Å². The molecular formula is C19H16ClN5OS. The second-order valence-corrected chi connectivity index (χ2v) is 7.27. The van der Waals surface area contributed by atoms with Crippen molar-refractivity contribution in [1.82, 2.24) is 25.0 Å². The van der Waals surface area contributed by atoms with Crippen LogP contribution in [-0.2, 0) is 5.75 Å². The molecule has 0 radical (unpaired) electrons. The van der Waals surface area contributed by atoms with Crippen LogP contribution < -0.4 is 0 Å². The number of aryl methyl sites for hydroxylation is 2. The molecule has 2 heterocycles.